The van der Waals surface area contributed by atoms with Gasteiger partial charge in [-0.2, -0.15) is 0 Å². The minimum absolute atomic E-state index is 0.000920. The van der Waals surface area contributed by atoms with E-state index < -0.39 is 0 Å². The topological polar surface area (TPSA) is 37.8 Å². The third-order valence-electron chi connectivity index (χ3n) is 2.93. The van der Waals surface area contributed by atoms with Crippen LogP contribution in [0.2, 0.25) is 0 Å². The molecule has 3 heteroatoms. The van der Waals surface area contributed by atoms with Crippen molar-refractivity contribution in [1.29, 1.82) is 0 Å². The quantitative estimate of drug-likeness (QED) is 0.826. The van der Waals surface area contributed by atoms with Crippen LogP contribution in [0, 0.1) is 0 Å². The van der Waals surface area contributed by atoms with E-state index in [9.17, 15) is 4.79 Å². The SMILES string of the molecule is CC(C)c1ccc2c(=O)[nH]n(C(C)C)c2c1. The standard InChI is InChI=1S/C13H18N2O/c1-8(2)10-5-6-11-12(7-10)15(9(3)4)14-13(11)16/h5-9H,1-4H3,(H,14,16). The number of hydrogen-bond donors (Lipinski definition) is 1. The number of nitrogens with one attached hydrogen (secondary N) is 1. The summed E-state index contributed by atoms with van der Waals surface area (Å²) in [5.74, 6) is 0.481. The van der Waals surface area contributed by atoms with E-state index in [-0.39, 0.29) is 11.6 Å². The second kappa shape index (κ2) is 3.81. The van der Waals surface area contributed by atoms with Crippen molar-refractivity contribution in [3.8, 4) is 0 Å². The highest BCUT2D eigenvalue weighted by Gasteiger charge is 2.10. The lowest BCUT2D eigenvalue weighted by Crippen LogP contribution is -2.07. The summed E-state index contributed by atoms with van der Waals surface area (Å²) in [6.07, 6.45) is 0. The van der Waals surface area contributed by atoms with E-state index in [1.165, 1.54) is 5.56 Å². The number of fused-ring (bicyclic) bond motifs is 1. The minimum Gasteiger partial charge on any atom is -0.282 e. The van der Waals surface area contributed by atoms with Gasteiger partial charge in [-0.1, -0.05) is 19.9 Å². The van der Waals surface area contributed by atoms with E-state index in [1.54, 1.807) is 0 Å². The van der Waals surface area contributed by atoms with Crippen LogP contribution in [0.5, 0.6) is 0 Å². The molecule has 0 amide bonds. The van der Waals surface area contributed by atoms with Gasteiger partial charge in [0.15, 0.2) is 0 Å². The Morgan fingerprint density at radius 1 is 1.19 bits per heavy atom. The van der Waals surface area contributed by atoms with Crippen LogP contribution in [-0.4, -0.2) is 9.78 Å². The van der Waals surface area contributed by atoms with Gasteiger partial charge >= 0.3 is 0 Å². The van der Waals surface area contributed by atoms with Crippen LogP contribution in [0.15, 0.2) is 23.0 Å². The Bertz CT molecular complexity index is 561. The van der Waals surface area contributed by atoms with Crippen molar-refractivity contribution in [2.45, 2.75) is 39.7 Å². The van der Waals surface area contributed by atoms with E-state index in [0.717, 1.165) is 10.9 Å². The van der Waals surface area contributed by atoms with Gasteiger partial charge in [0.2, 0.25) is 0 Å². The summed E-state index contributed by atoms with van der Waals surface area (Å²) < 4.78 is 1.93. The zero-order chi connectivity index (χ0) is 11.9. The van der Waals surface area contributed by atoms with Gasteiger partial charge in [-0.05, 0) is 37.5 Å². The lowest BCUT2D eigenvalue weighted by Gasteiger charge is -2.10. The molecular weight excluding hydrogens is 200 g/mol. The van der Waals surface area contributed by atoms with Crippen LogP contribution < -0.4 is 5.56 Å². The molecule has 1 aromatic carbocycles. The average Bonchev–Trinajstić information content (AvgIpc) is 2.56. The highest BCUT2D eigenvalue weighted by molar-refractivity contribution is 5.79. The summed E-state index contributed by atoms with van der Waals surface area (Å²) >= 11 is 0. The maximum Gasteiger partial charge on any atom is 0.271 e. The molecule has 0 saturated carbocycles. The van der Waals surface area contributed by atoms with E-state index in [2.05, 4.69) is 38.9 Å². The first-order valence-electron chi connectivity index (χ1n) is 5.75. The number of rotatable bonds is 2. The lowest BCUT2D eigenvalue weighted by atomic mass is 10.0. The number of hydrogen-bond acceptors (Lipinski definition) is 1. The van der Waals surface area contributed by atoms with Crippen molar-refractivity contribution < 1.29 is 0 Å². The van der Waals surface area contributed by atoms with Crippen LogP contribution in [0.1, 0.15) is 45.2 Å². The van der Waals surface area contributed by atoms with Crippen molar-refractivity contribution in [1.82, 2.24) is 9.78 Å². The molecule has 0 fully saturated rings. The smallest absolute Gasteiger partial charge is 0.271 e. The molecule has 1 heterocycles. The van der Waals surface area contributed by atoms with E-state index in [4.69, 9.17) is 0 Å². The molecule has 0 aliphatic heterocycles. The molecular formula is C13H18N2O. The molecule has 0 radical (unpaired) electrons. The van der Waals surface area contributed by atoms with Gasteiger partial charge in [0.25, 0.3) is 5.56 Å². The Labute approximate surface area is 95.1 Å². The Hall–Kier alpha value is -1.51. The van der Waals surface area contributed by atoms with Crippen molar-refractivity contribution in [3.05, 3.63) is 34.1 Å². The van der Waals surface area contributed by atoms with Gasteiger partial charge in [-0.3, -0.25) is 14.6 Å². The molecule has 0 atom stereocenters. The molecule has 86 valence electrons. The largest absolute Gasteiger partial charge is 0.282 e. The molecule has 2 aromatic rings. The van der Waals surface area contributed by atoms with Gasteiger partial charge in [-0.15, -0.1) is 0 Å². The molecule has 1 N–H and O–H groups in total. The molecule has 0 bridgehead atoms. The normalized spacial score (nSPS) is 11.9. The Balaban J connectivity index is 2.74. The average molecular weight is 218 g/mol. The fourth-order valence-electron chi connectivity index (χ4n) is 1.94. The van der Waals surface area contributed by atoms with Crippen LogP contribution >= 0.6 is 0 Å². The van der Waals surface area contributed by atoms with Crippen molar-refractivity contribution in [3.63, 3.8) is 0 Å². The predicted molar refractivity (Wildman–Crippen MR) is 67.0 cm³/mol. The van der Waals surface area contributed by atoms with Crippen LogP contribution in [0.3, 0.4) is 0 Å². The molecule has 16 heavy (non-hydrogen) atoms. The Kier molecular flexibility index (Phi) is 2.62. The number of aromatic amines is 1. The van der Waals surface area contributed by atoms with Crippen molar-refractivity contribution >= 4 is 10.9 Å². The summed E-state index contributed by atoms with van der Waals surface area (Å²) in [7, 11) is 0. The molecule has 2 rings (SSSR count). The minimum atomic E-state index is -0.000920. The number of aromatic nitrogens is 2. The second-order valence-corrected chi connectivity index (χ2v) is 4.84. The van der Waals surface area contributed by atoms with Gasteiger partial charge < -0.3 is 0 Å². The first-order chi connectivity index (χ1) is 7.50. The van der Waals surface area contributed by atoms with Crippen molar-refractivity contribution in [2.75, 3.05) is 0 Å². The highest BCUT2D eigenvalue weighted by atomic mass is 16.1. The summed E-state index contributed by atoms with van der Waals surface area (Å²) in [5, 5.41) is 3.66. The highest BCUT2D eigenvalue weighted by Crippen LogP contribution is 2.21. The second-order valence-electron chi connectivity index (χ2n) is 4.84. The van der Waals surface area contributed by atoms with Gasteiger partial charge in [0.1, 0.15) is 0 Å². The molecule has 0 aliphatic rings. The zero-order valence-corrected chi connectivity index (χ0v) is 10.2. The zero-order valence-electron chi connectivity index (χ0n) is 10.2. The first kappa shape index (κ1) is 11.0. The Morgan fingerprint density at radius 3 is 2.44 bits per heavy atom. The molecule has 0 spiro atoms. The summed E-state index contributed by atoms with van der Waals surface area (Å²) in [5.41, 5.74) is 2.27. The first-order valence-corrected chi connectivity index (χ1v) is 5.75. The molecule has 1 aromatic heterocycles. The maximum atomic E-state index is 11.7. The van der Waals surface area contributed by atoms with E-state index >= 15 is 0 Å². The van der Waals surface area contributed by atoms with Crippen molar-refractivity contribution in [2.24, 2.45) is 0 Å². The van der Waals surface area contributed by atoms with Crippen LogP contribution in [0.25, 0.3) is 10.9 Å². The number of benzene rings is 1. The summed E-state index contributed by atoms with van der Waals surface area (Å²) in [6.45, 7) is 8.45. The Morgan fingerprint density at radius 2 is 1.88 bits per heavy atom. The number of nitrogens with zero attached hydrogens (tertiary/aromatic N) is 1. The summed E-state index contributed by atoms with van der Waals surface area (Å²) in [6, 6.07) is 6.33. The number of H-pyrrole nitrogens is 1. The fraction of sp³-hybridized carbons (Fsp3) is 0.462. The summed E-state index contributed by atoms with van der Waals surface area (Å²) in [4.78, 5) is 11.7. The van der Waals surface area contributed by atoms with Crippen LogP contribution in [-0.2, 0) is 0 Å². The predicted octanol–water partition coefficient (Wildman–Crippen LogP) is 3.03. The monoisotopic (exact) mass is 218 g/mol. The lowest BCUT2D eigenvalue weighted by molar-refractivity contribution is 0.546. The molecule has 0 saturated heterocycles. The molecule has 3 nitrogen and oxygen atoms in total. The fourth-order valence-corrected chi connectivity index (χ4v) is 1.94. The van der Waals surface area contributed by atoms with Gasteiger partial charge in [0, 0.05) is 6.04 Å². The third kappa shape index (κ3) is 1.66. The third-order valence-corrected chi connectivity index (χ3v) is 2.93. The van der Waals surface area contributed by atoms with Gasteiger partial charge in [0.05, 0.1) is 10.9 Å². The molecule has 0 unspecified atom stereocenters. The maximum absolute atomic E-state index is 11.7. The van der Waals surface area contributed by atoms with E-state index in [0.29, 0.717) is 5.92 Å². The van der Waals surface area contributed by atoms with Crippen LogP contribution in [0.4, 0.5) is 0 Å². The van der Waals surface area contributed by atoms with E-state index in [1.807, 2.05) is 16.8 Å². The molecule has 0 aliphatic carbocycles. The van der Waals surface area contributed by atoms with Gasteiger partial charge in [-0.25, -0.2) is 0 Å².